The molecule has 0 aliphatic carbocycles. The van der Waals surface area contributed by atoms with E-state index in [2.05, 4.69) is 20.8 Å². The number of aliphatic hydroxyl groups is 1. The van der Waals surface area contributed by atoms with Crippen LogP contribution in [0.3, 0.4) is 0 Å². The zero-order valence-corrected chi connectivity index (χ0v) is 13.1. The summed E-state index contributed by atoms with van der Waals surface area (Å²) < 4.78 is 1.61. The number of aromatic nitrogens is 4. The van der Waals surface area contributed by atoms with Crippen LogP contribution < -0.4 is 5.32 Å². The number of nitrogens with zero attached hydrogens (tertiary/aromatic N) is 5. The first kappa shape index (κ1) is 16.0. The van der Waals surface area contributed by atoms with Gasteiger partial charge in [0.2, 0.25) is 5.16 Å². The molecule has 0 bridgehead atoms. The van der Waals surface area contributed by atoms with Gasteiger partial charge in [0.25, 0.3) is 0 Å². The third-order valence-corrected chi connectivity index (χ3v) is 4.55. The number of amides is 2. The standard InChI is InChI=1S/C12H22N6O2S/c1-17-12(14-15-16-17)21-9-6-13-11(20)18-7-3-2-4-10(18)5-8-19/h10,19H,2-9H2,1H3,(H,13,20)/t10-/m1/s1. The van der Waals surface area contributed by atoms with E-state index in [0.29, 0.717) is 13.0 Å². The molecule has 1 aromatic rings. The van der Waals surface area contributed by atoms with E-state index in [9.17, 15) is 4.79 Å². The minimum absolute atomic E-state index is 0.0372. The molecule has 0 spiro atoms. The van der Waals surface area contributed by atoms with Crippen LogP contribution >= 0.6 is 11.8 Å². The molecule has 8 nitrogen and oxygen atoms in total. The van der Waals surface area contributed by atoms with Gasteiger partial charge in [0, 0.05) is 38.5 Å². The highest BCUT2D eigenvalue weighted by Gasteiger charge is 2.25. The Balaban J connectivity index is 1.71. The monoisotopic (exact) mass is 314 g/mol. The Morgan fingerprint density at radius 2 is 2.38 bits per heavy atom. The van der Waals surface area contributed by atoms with Crippen molar-refractivity contribution >= 4 is 17.8 Å². The summed E-state index contributed by atoms with van der Waals surface area (Å²) in [5, 5.41) is 23.9. The lowest BCUT2D eigenvalue weighted by Gasteiger charge is -2.35. The minimum Gasteiger partial charge on any atom is -0.396 e. The molecule has 0 aromatic carbocycles. The molecule has 2 amide bonds. The smallest absolute Gasteiger partial charge is 0.317 e. The minimum atomic E-state index is -0.0372. The summed E-state index contributed by atoms with van der Waals surface area (Å²) in [6.45, 7) is 1.47. The molecular weight excluding hydrogens is 292 g/mol. The normalized spacial score (nSPS) is 18.8. The second-order valence-electron chi connectivity index (χ2n) is 5.02. The topological polar surface area (TPSA) is 96.2 Å². The fourth-order valence-corrected chi connectivity index (χ4v) is 3.17. The first-order valence-corrected chi connectivity index (χ1v) is 8.21. The Bertz CT molecular complexity index is 453. The lowest BCUT2D eigenvalue weighted by atomic mass is 10.0. The molecule has 2 N–H and O–H groups in total. The number of nitrogens with one attached hydrogen (secondary N) is 1. The number of aliphatic hydroxyl groups excluding tert-OH is 1. The maximum absolute atomic E-state index is 12.2. The Labute approximate surface area is 128 Å². The molecule has 1 aliphatic heterocycles. The summed E-state index contributed by atoms with van der Waals surface area (Å²) in [5.41, 5.74) is 0. The molecule has 1 aromatic heterocycles. The molecule has 2 heterocycles. The van der Waals surface area contributed by atoms with Crippen LogP contribution in [0.1, 0.15) is 25.7 Å². The maximum atomic E-state index is 12.2. The number of aryl methyl sites for hydroxylation is 1. The molecule has 1 aliphatic rings. The zero-order chi connectivity index (χ0) is 15.1. The van der Waals surface area contributed by atoms with Gasteiger partial charge in [-0.2, -0.15) is 0 Å². The second kappa shape index (κ2) is 8.18. The molecule has 0 radical (unpaired) electrons. The van der Waals surface area contributed by atoms with Crippen molar-refractivity contribution < 1.29 is 9.90 Å². The van der Waals surface area contributed by atoms with Crippen LogP contribution in [0.4, 0.5) is 4.79 Å². The quantitative estimate of drug-likeness (QED) is 0.577. The van der Waals surface area contributed by atoms with Crippen molar-refractivity contribution in [2.45, 2.75) is 36.9 Å². The van der Waals surface area contributed by atoms with Crippen molar-refractivity contribution in [3.05, 3.63) is 0 Å². The highest BCUT2D eigenvalue weighted by molar-refractivity contribution is 7.99. The summed E-state index contributed by atoms with van der Waals surface area (Å²) in [4.78, 5) is 14.0. The van der Waals surface area contributed by atoms with Crippen LogP contribution in [-0.4, -0.2) is 67.7 Å². The first-order valence-electron chi connectivity index (χ1n) is 7.23. The molecule has 9 heteroatoms. The molecule has 21 heavy (non-hydrogen) atoms. The average molecular weight is 314 g/mol. The highest BCUT2D eigenvalue weighted by Crippen LogP contribution is 2.19. The predicted molar refractivity (Wildman–Crippen MR) is 79.0 cm³/mol. The van der Waals surface area contributed by atoms with Gasteiger partial charge in [0.15, 0.2) is 0 Å². The number of carbonyl (C=O) groups is 1. The van der Waals surface area contributed by atoms with Crippen molar-refractivity contribution in [3.63, 3.8) is 0 Å². The number of rotatable bonds is 6. The number of hydrogen-bond acceptors (Lipinski definition) is 6. The van der Waals surface area contributed by atoms with Gasteiger partial charge in [-0.15, -0.1) is 5.10 Å². The van der Waals surface area contributed by atoms with E-state index >= 15 is 0 Å². The third-order valence-electron chi connectivity index (χ3n) is 3.54. The van der Waals surface area contributed by atoms with E-state index in [4.69, 9.17) is 5.11 Å². The fourth-order valence-electron chi connectivity index (χ4n) is 2.46. The number of piperidine rings is 1. The molecule has 0 unspecified atom stereocenters. The number of tetrazole rings is 1. The molecule has 1 atom stereocenters. The second-order valence-corrected chi connectivity index (χ2v) is 6.08. The molecular formula is C12H22N6O2S. The summed E-state index contributed by atoms with van der Waals surface area (Å²) in [6, 6.07) is 0.129. The van der Waals surface area contributed by atoms with Crippen molar-refractivity contribution in [1.82, 2.24) is 30.4 Å². The van der Waals surface area contributed by atoms with E-state index in [-0.39, 0.29) is 18.7 Å². The Kier molecular flexibility index (Phi) is 6.24. The molecule has 0 saturated carbocycles. The number of likely N-dealkylation sites (tertiary alicyclic amines) is 1. The van der Waals surface area contributed by atoms with Gasteiger partial charge in [0.1, 0.15) is 0 Å². The van der Waals surface area contributed by atoms with Gasteiger partial charge >= 0.3 is 6.03 Å². The predicted octanol–water partition coefficient (Wildman–Crippen LogP) is 0.249. The van der Waals surface area contributed by atoms with Gasteiger partial charge in [-0.1, -0.05) is 11.8 Å². The van der Waals surface area contributed by atoms with Gasteiger partial charge < -0.3 is 15.3 Å². The maximum Gasteiger partial charge on any atom is 0.317 e. The van der Waals surface area contributed by atoms with Gasteiger partial charge in [-0.3, -0.25) is 0 Å². The molecule has 118 valence electrons. The number of thioether (sulfide) groups is 1. The van der Waals surface area contributed by atoms with E-state index in [1.165, 1.54) is 11.8 Å². The molecule has 2 rings (SSSR count). The number of carbonyl (C=O) groups excluding carboxylic acids is 1. The van der Waals surface area contributed by atoms with Crippen molar-refractivity contribution in [2.75, 3.05) is 25.4 Å². The molecule has 1 saturated heterocycles. The summed E-state index contributed by atoms with van der Waals surface area (Å²) >= 11 is 1.51. The third kappa shape index (κ3) is 4.57. The Morgan fingerprint density at radius 3 is 3.10 bits per heavy atom. The van der Waals surface area contributed by atoms with Crippen LogP contribution in [0.5, 0.6) is 0 Å². The van der Waals surface area contributed by atoms with Crippen molar-refractivity contribution in [1.29, 1.82) is 0 Å². The molecule has 1 fully saturated rings. The first-order chi connectivity index (χ1) is 10.2. The number of urea groups is 1. The SMILES string of the molecule is Cn1nnnc1SCCNC(=O)N1CCCC[C@@H]1CCO. The van der Waals surface area contributed by atoms with Crippen molar-refractivity contribution in [2.24, 2.45) is 7.05 Å². The lowest BCUT2D eigenvalue weighted by molar-refractivity contribution is 0.132. The largest absolute Gasteiger partial charge is 0.396 e. The van der Waals surface area contributed by atoms with E-state index in [1.807, 2.05) is 4.90 Å². The van der Waals surface area contributed by atoms with Crippen LogP contribution in [0, 0.1) is 0 Å². The van der Waals surface area contributed by atoms with Crippen LogP contribution in [-0.2, 0) is 7.05 Å². The van der Waals surface area contributed by atoms with Crippen LogP contribution in [0.2, 0.25) is 0 Å². The zero-order valence-electron chi connectivity index (χ0n) is 12.2. The Morgan fingerprint density at radius 1 is 1.52 bits per heavy atom. The van der Waals surface area contributed by atoms with Crippen LogP contribution in [0.15, 0.2) is 5.16 Å². The summed E-state index contributed by atoms with van der Waals surface area (Å²) in [7, 11) is 1.79. The van der Waals surface area contributed by atoms with Crippen molar-refractivity contribution in [3.8, 4) is 0 Å². The average Bonchev–Trinajstić information content (AvgIpc) is 2.90. The van der Waals surface area contributed by atoms with Crippen LogP contribution in [0.25, 0.3) is 0 Å². The van der Waals surface area contributed by atoms with E-state index < -0.39 is 0 Å². The Hall–Kier alpha value is -1.35. The van der Waals surface area contributed by atoms with Gasteiger partial charge in [-0.05, 0) is 36.1 Å². The van der Waals surface area contributed by atoms with Gasteiger partial charge in [0.05, 0.1) is 0 Å². The summed E-state index contributed by atoms with van der Waals surface area (Å²) in [6.07, 6.45) is 3.80. The summed E-state index contributed by atoms with van der Waals surface area (Å²) in [5.74, 6) is 0.721. The van der Waals surface area contributed by atoms with E-state index in [1.54, 1.807) is 11.7 Å². The highest BCUT2D eigenvalue weighted by atomic mass is 32.2. The van der Waals surface area contributed by atoms with Gasteiger partial charge in [-0.25, -0.2) is 9.48 Å². The lowest BCUT2D eigenvalue weighted by Crippen LogP contribution is -2.49. The number of hydrogen-bond donors (Lipinski definition) is 2. The fraction of sp³-hybridized carbons (Fsp3) is 0.833. The van der Waals surface area contributed by atoms with E-state index in [0.717, 1.165) is 36.7 Å².